The minimum atomic E-state index is 0.803. The predicted octanol–water partition coefficient (Wildman–Crippen LogP) is 5.62. The molecule has 0 aliphatic heterocycles. The SMILES string of the molecule is C=Cc1ccc2nc(-c3ccc(OC)cc3)c(-c3ccc(OC)cc3)nc2c1. The summed E-state index contributed by atoms with van der Waals surface area (Å²) in [4.78, 5) is 9.87. The maximum atomic E-state index is 5.28. The summed E-state index contributed by atoms with van der Waals surface area (Å²) in [5, 5.41) is 0. The summed E-state index contributed by atoms with van der Waals surface area (Å²) in [5.41, 5.74) is 6.29. The highest BCUT2D eigenvalue weighted by Crippen LogP contribution is 2.33. The van der Waals surface area contributed by atoms with Gasteiger partial charge in [-0.15, -0.1) is 0 Å². The molecule has 4 rings (SSSR count). The van der Waals surface area contributed by atoms with E-state index in [2.05, 4.69) is 6.58 Å². The molecule has 0 fully saturated rings. The van der Waals surface area contributed by atoms with Gasteiger partial charge in [-0.25, -0.2) is 9.97 Å². The number of benzene rings is 3. The first-order valence-corrected chi connectivity index (χ1v) is 8.95. The van der Waals surface area contributed by atoms with Crippen molar-refractivity contribution >= 4 is 17.1 Å². The molecular weight excluding hydrogens is 348 g/mol. The summed E-state index contributed by atoms with van der Waals surface area (Å²) in [6.45, 7) is 3.84. The Labute approximate surface area is 164 Å². The second-order valence-electron chi connectivity index (χ2n) is 6.33. The fraction of sp³-hybridized carbons (Fsp3) is 0.0833. The summed E-state index contributed by atoms with van der Waals surface area (Å²) < 4.78 is 10.6. The van der Waals surface area contributed by atoms with E-state index in [1.54, 1.807) is 14.2 Å². The normalized spacial score (nSPS) is 10.6. The smallest absolute Gasteiger partial charge is 0.118 e. The van der Waals surface area contributed by atoms with Gasteiger partial charge in [0.25, 0.3) is 0 Å². The van der Waals surface area contributed by atoms with Gasteiger partial charge >= 0.3 is 0 Å². The van der Waals surface area contributed by atoms with Crippen molar-refractivity contribution in [2.45, 2.75) is 0 Å². The zero-order valence-corrected chi connectivity index (χ0v) is 15.8. The molecule has 0 aliphatic carbocycles. The van der Waals surface area contributed by atoms with Crippen LogP contribution in [0.3, 0.4) is 0 Å². The largest absolute Gasteiger partial charge is 0.497 e. The predicted molar refractivity (Wildman–Crippen MR) is 114 cm³/mol. The van der Waals surface area contributed by atoms with Gasteiger partial charge in [-0.3, -0.25) is 0 Å². The van der Waals surface area contributed by atoms with Crippen molar-refractivity contribution < 1.29 is 9.47 Å². The third kappa shape index (κ3) is 3.32. The van der Waals surface area contributed by atoms with Gasteiger partial charge in [0.2, 0.25) is 0 Å². The van der Waals surface area contributed by atoms with Crippen LogP contribution in [0.5, 0.6) is 11.5 Å². The van der Waals surface area contributed by atoms with Crippen LogP contribution in [0.15, 0.2) is 73.3 Å². The van der Waals surface area contributed by atoms with E-state index < -0.39 is 0 Å². The molecule has 138 valence electrons. The summed E-state index contributed by atoms with van der Waals surface area (Å²) in [5.74, 6) is 1.61. The van der Waals surface area contributed by atoms with Crippen molar-refractivity contribution in [2.24, 2.45) is 0 Å². The second kappa shape index (κ2) is 7.53. The average molecular weight is 368 g/mol. The molecule has 4 aromatic rings. The molecule has 4 nitrogen and oxygen atoms in total. The third-order valence-corrected chi connectivity index (χ3v) is 4.65. The standard InChI is InChI=1S/C24H20N2O2/c1-4-16-5-14-21-22(15-16)26-24(18-8-12-20(28-3)13-9-18)23(25-21)17-6-10-19(27-2)11-7-17/h4-15H,1H2,2-3H3. The monoisotopic (exact) mass is 368 g/mol. The minimum Gasteiger partial charge on any atom is -0.497 e. The topological polar surface area (TPSA) is 44.2 Å². The maximum Gasteiger partial charge on any atom is 0.118 e. The van der Waals surface area contributed by atoms with Gasteiger partial charge in [0.05, 0.1) is 36.6 Å². The number of nitrogens with zero attached hydrogens (tertiary/aromatic N) is 2. The molecule has 0 atom stereocenters. The van der Waals surface area contributed by atoms with Crippen molar-refractivity contribution in [3.63, 3.8) is 0 Å². The van der Waals surface area contributed by atoms with Gasteiger partial charge in [-0.05, 0) is 66.2 Å². The molecule has 0 N–H and O–H groups in total. The lowest BCUT2D eigenvalue weighted by Gasteiger charge is -2.12. The molecule has 3 aromatic carbocycles. The van der Waals surface area contributed by atoms with E-state index in [9.17, 15) is 0 Å². The molecule has 0 amide bonds. The Morgan fingerprint density at radius 1 is 0.679 bits per heavy atom. The highest BCUT2D eigenvalue weighted by atomic mass is 16.5. The van der Waals surface area contributed by atoms with E-state index in [0.717, 1.165) is 50.6 Å². The second-order valence-corrected chi connectivity index (χ2v) is 6.33. The van der Waals surface area contributed by atoms with Gasteiger partial charge in [-0.2, -0.15) is 0 Å². The average Bonchev–Trinajstić information content (AvgIpc) is 2.78. The number of rotatable bonds is 5. The Balaban J connectivity index is 1.94. The summed E-state index contributed by atoms with van der Waals surface area (Å²) in [6, 6.07) is 21.7. The number of ether oxygens (including phenoxy) is 2. The number of hydrogen-bond donors (Lipinski definition) is 0. The zero-order valence-electron chi connectivity index (χ0n) is 15.8. The van der Waals surface area contributed by atoms with Crippen molar-refractivity contribution in [2.75, 3.05) is 14.2 Å². The first-order valence-electron chi connectivity index (χ1n) is 8.95. The Hall–Kier alpha value is -3.66. The zero-order chi connectivity index (χ0) is 19.5. The van der Waals surface area contributed by atoms with Crippen LogP contribution < -0.4 is 9.47 Å². The Morgan fingerprint density at radius 2 is 1.18 bits per heavy atom. The maximum absolute atomic E-state index is 5.28. The highest BCUT2D eigenvalue weighted by molar-refractivity contribution is 5.87. The number of aromatic nitrogens is 2. The van der Waals surface area contributed by atoms with Crippen LogP contribution in [-0.2, 0) is 0 Å². The van der Waals surface area contributed by atoms with Crippen LogP contribution in [0, 0.1) is 0 Å². The number of hydrogen-bond acceptors (Lipinski definition) is 4. The molecule has 0 aliphatic rings. The molecule has 0 radical (unpaired) electrons. The number of methoxy groups -OCH3 is 2. The fourth-order valence-electron chi connectivity index (χ4n) is 3.10. The van der Waals surface area contributed by atoms with Crippen LogP contribution in [0.25, 0.3) is 39.6 Å². The fourth-order valence-corrected chi connectivity index (χ4v) is 3.10. The van der Waals surface area contributed by atoms with E-state index in [0.29, 0.717) is 0 Å². The highest BCUT2D eigenvalue weighted by Gasteiger charge is 2.14. The van der Waals surface area contributed by atoms with Crippen molar-refractivity contribution in [1.29, 1.82) is 0 Å². The molecule has 0 spiro atoms. The van der Waals surface area contributed by atoms with Crippen molar-refractivity contribution in [3.8, 4) is 34.0 Å². The van der Waals surface area contributed by atoms with E-state index in [-0.39, 0.29) is 0 Å². The lowest BCUT2D eigenvalue weighted by atomic mass is 10.0. The summed E-state index contributed by atoms with van der Waals surface area (Å²) in [6.07, 6.45) is 1.81. The third-order valence-electron chi connectivity index (χ3n) is 4.65. The van der Waals surface area contributed by atoms with Crippen molar-refractivity contribution in [3.05, 3.63) is 78.9 Å². The molecule has 0 saturated carbocycles. The van der Waals surface area contributed by atoms with Crippen LogP contribution in [0.1, 0.15) is 5.56 Å². The van der Waals surface area contributed by atoms with E-state index in [1.807, 2.05) is 72.8 Å². The molecule has 28 heavy (non-hydrogen) atoms. The summed E-state index contributed by atoms with van der Waals surface area (Å²) >= 11 is 0. The van der Waals surface area contributed by atoms with Crippen LogP contribution in [0.2, 0.25) is 0 Å². The van der Waals surface area contributed by atoms with Crippen LogP contribution >= 0.6 is 0 Å². The van der Waals surface area contributed by atoms with Gasteiger partial charge in [0.15, 0.2) is 0 Å². The van der Waals surface area contributed by atoms with Gasteiger partial charge < -0.3 is 9.47 Å². The Kier molecular flexibility index (Phi) is 4.77. The molecular formula is C24H20N2O2. The van der Waals surface area contributed by atoms with E-state index >= 15 is 0 Å². The molecule has 0 unspecified atom stereocenters. The van der Waals surface area contributed by atoms with Gasteiger partial charge in [-0.1, -0.05) is 18.7 Å². The molecule has 4 heteroatoms. The molecule has 0 bridgehead atoms. The number of fused-ring (bicyclic) bond motifs is 1. The van der Waals surface area contributed by atoms with E-state index in [4.69, 9.17) is 19.4 Å². The molecule has 1 aromatic heterocycles. The molecule has 0 saturated heterocycles. The Bertz CT molecular complexity index is 1130. The first kappa shape index (κ1) is 17.7. The lowest BCUT2D eigenvalue weighted by Crippen LogP contribution is -1.96. The lowest BCUT2D eigenvalue weighted by molar-refractivity contribution is 0.414. The van der Waals surface area contributed by atoms with Gasteiger partial charge in [0, 0.05) is 11.1 Å². The summed E-state index contributed by atoms with van der Waals surface area (Å²) in [7, 11) is 3.31. The first-order chi connectivity index (χ1) is 13.7. The van der Waals surface area contributed by atoms with Crippen molar-refractivity contribution in [1.82, 2.24) is 9.97 Å². The van der Waals surface area contributed by atoms with Gasteiger partial charge in [0.1, 0.15) is 11.5 Å². The van der Waals surface area contributed by atoms with E-state index in [1.165, 1.54) is 0 Å². The van der Waals surface area contributed by atoms with Crippen LogP contribution in [0.4, 0.5) is 0 Å². The van der Waals surface area contributed by atoms with Crippen LogP contribution in [-0.4, -0.2) is 24.2 Å². The minimum absolute atomic E-state index is 0.803. The Morgan fingerprint density at radius 3 is 1.64 bits per heavy atom. The quantitative estimate of drug-likeness (QED) is 0.458. The molecule has 1 heterocycles.